The van der Waals surface area contributed by atoms with Crippen molar-refractivity contribution in [3.8, 4) is 11.5 Å². The number of carbonyl (C=O) groups is 1. The molecule has 0 radical (unpaired) electrons. The van der Waals surface area contributed by atoms with Crippen molar-refractivity contribution < 1.29 is 14.3 Å². The third-order valence-electron chi connectivity index (χ3n) is 5.13. The second-order valence-electron chi connectivity index (χ2n) is 7.65. The van der Waals surface area contributed by atoms with Crippen molar-refractivity contribution in [3.05, 3.63) is 88.8 Å². The molecule has 1 fully saturated rings. The SMILES string of the molecule is CCOc1cc(/C=C2/SC(=Nc3cccc(Cl)c3C)NC2=O)cc(I)c1OCc1ccc(Cl)cc1Cl. The van der Waals surface area contributed by atoms with Crippen molar-refractivity contribution in [3.63, 3.8) is 0 Å². The van der Waals surface area contributed by atoms with Crippen LogP contribution in [-0.4, -0.2) is 17.7 Å². The van der Waals surface area contributed by atoms with Crippen LogP contribution in [0, 0.1) is 10.5 Å². The maximum atomic E-state index is 12.6. The molecule has 186 valence electrons. The molecule has 4 rings (SSSR count). The van der Waals surface area contributed by atoms with Crippen LogP contribution in [0.15, 0.2) is 58.4 Å². The smallest absolute Gasteiger partial charge is 0.264 e. The minimum atomic E-state index is -0.218. The Kier molecular flexibility index (Phi) is 9.11. The molecule has 1 N–H and O–H groups in total. The second-order valence-corrected chi connectivity index (χ2v) is 11.1. The molecular weight excluding hydrogens is 654 g/mol. The number of rotatable bonds is 7. The fourth-order valence-electron chi connectivity index (χ4n) is 3.32. The molecular formula is C26H20Cl3IN2O3S. The summed E-state index contributed by atoms with van der Waals surface area (Å²) in [5.41, 5.74) is 3.18. The summed E-state index contributed by atoms with van der Waals surface area (Å²) in [7, 11) is 0. The van der Waals surface area contributed by atoms with Crippen molar-refractivity contribution in [2.45, 2.75) is 20.5 Å². The van der Waals surface area contributed by atoms with Crippen molar-refractivity contribution in [1.29, 1.82) is 0 Å². The van der Waals surface area contributed by atoms with Gasteiger partial charge < -0.3 is 14.8 Å². The number of amidine groups is 1. The predicted octanol–water partition coefficient (Wildman–Crippen LogP) is 8.43. The van der Waals surface area contributed by atoms with Crippen molar-refractivity contribution in [2.75, 3.05) is 6.61 Å². The highest BCUT2D eigenvalue weighted by atomic mass is 127. The molecule has 5 nitrogen and oxygen atoms in total. The van der Waals surface area contributed by atoms with E-state index in [9.17, 15) is 4.79 Å². The first kappa shape index (κ1) is 27.1. The van der Waals surface area contributed by atoms with Gasteiger partial charge in [-0.05, 0) is 102 Å². The Hall–Kier alpha value is -1.91. The van der Waals surface area contributed by atoms with E-state index in [1.54, 1.807) is 24.3 Å². The topological polar surface area (TPSA) is 59.9 Å². The van der Waals surface area contributed by atoms with Gasteiger partial charge in [-0.15, -0.1) is 0 Å². The van der Waals surface area contributed by atoms with E-state index in [1.165, 1.54) is 11.8 Å². The number of hydrogen-bond donors (Lipinski definition) is 1. The number of carbonyl (C=O) groups excluding carboxylic acids is 1. The van der Waals surface area contributed by atoms with Crippen molar-refractivity contribution in [1.82, 2.24) is 5.32 Å². The lowest BCUT2D eigenvalue weighted by molar-refractivity contribution is -0.115. The van der Waals surface area contributed by atoms with Gasteiger partial charge in [0.1, 0.15) is 6.61 Å². The number of aliphatic imine (C=N–C) groups is 1. The van der Waals surface area contributed by atoms with Gasteiger partial charge in [0, 0.05) is 20.6 Å². The first-order valence-electron chi connectivity index (χ1n) is 10.8. The van der Waals surface area contributed by atoms with Crippen LogP contribution in [0.5, 0.6) is 11.5 Å². The van der Waals surface area contributed by atoms with Gasteiger partial charge in [-0.3, -0.25) is 4.79 Å². The summed E-state index contributed by atoms with van der Waals surface area (Å²) in [6.07, 6.45) is 1.80. The minimum absolute atomic E-state index is 0.218. The first-order valence-corrected chi connectivity index (χ1v) is 13.9. The molecule has 0 unspecified atom stereocenters. The molecule has 0 saturated carbocycles. The van der Waals surface area contributed by atoms with Crippen LogP contribution in [-0.2, 0) is 11.4 Å². The van der Waals surface area contributed by atoms with Gasteiger partial charge in [-0.1, -0.05) is 46.9 Å². The van der Waals surface area contributed by atoms with E-state index < -0.39 is 0 Å². The average molecular weight is 674 g/mol. The number of ether oxygens (including phenoxy) is 2. The quantitative estimate of drug-likeness (QED) is 0.202. The maximum Gasteiger partial charge on any atom is 0.264 e. The molecule has 3 aromatic carbocycles. The molecule has 0 aromatic heterocycles. The normalized spacial score (nSPS) is 15.4. The largest absolute Gasteiger partial charge is 0.490 e. The van der Waals surface area contributed by atoms with E-state index in [0.717, 1.165) is 20.3 Å². The second kappa shape index (κ2) is 12.1. The molecule has 0 spiro atoms. The standard InChI is InChI=1S/C26H20Cl3IN2O3S/c1-3-34-22-10-15(9-20(30)24(22)35-13-16-7-8-17(27)12-19(16)29)11-23-25(33)32-26(36-23)31-21-6-4-5-18(28)14(21)2/h4-12H,3,13H2,1-2H3,(H,31,32,33)/b23-11+. The monoisotopic (exact) mass is 672 g/mol. The summed E-state index contributed by atoms with van der Waals surface area (Å²) in [5.74, 6) is 0.963. The number of hydrogen-bond acceptors (Lipinski definition) is 5. The molecule has 1 amide bonds. The number of nitrogens with one attached hydrogen (secondary N) is 1. The van der Waals surface area contributed by atoms with Gasteiger partial charge in [-0.2, -0.15) is 0 Å². The fraction of sp³-hybridized carbons (Fsp3) is 0.154. The number of benzene rings is 3. The van der Waals surface area contributed by atoms with Crippen molar-refractivity contribution >= 4 is 92.0 Å². The summed E-state index contributed by atoms with van der Waals surface area (Å²) in [6, 6.07) is 14.6. The van der Waals surface area contributed by atoms with Crippen LogP contribution in [0.25, 0.3) is 6.08 Å². The summed E-state index contributed by atoms with van der Waals surface area (Å²) in [5, 5.41) is 5.04. The van der Waals surface area contributed by atoms with E-state index >= 15 is 0 Å². The van der Waals surface area contributed by atoms with Gasteiger partial charge in [0.25, 0.3) is 5.91 Å². The molecule has 36 heavy (non-hydrogen) atoms. The van der Waals surface area contributed by atoms with Gasteiger partial charge in [0.05, 0.1) is 20.8 Å². The molecule has 10 heteroatoms. The Morgan fingerprint density at radius 3 is 2.64 bits per heavy atom. The third-order valence-corrected chi connectivity index (χ3v) is 7.84. The van der Waals surface area contributed by atoms with E-state index in [-0.39, 0.29) is 12.5 Å². The van der Waals surface area contributed by atoms with Gasteiger partial charge in [-0.25, -0.2) is 4.99 Å². The van der Waals surface area contributed by atoms with E-state index in [0.29, 0.717) is 48.9 Å². The minimum Gasteiger partial charge on any atom is -0.490 e. The highest BCUT2D eigenvalue weighted by molar-refractivity contribution is 14.1. The number of thioether (sulfide) groups is 1. The Morgan fingerprint density at radius 2 is 1.89 bits per heavy atom. The highest BCUT2D eigenvalue weighted by Crippen LogP contribution is 2.37. The van der Waals surface area contributed by atoms with Crippen LogP contribution < -0.4 is 14.8 Å². The zero-order valence-corrected chi connectivity index (χ0v) is 24.4. The fourth-order valence-corrected chi connectivity index (χ4v) is 5.57. The van der Waals surface area contributed by atoms with Gasteiger partial charge >= 0.3 is 0 Å². The predicted molar refractivity (Wildman–Crippen MR) is 158 cm³/mol. The molecule has 1 aliphatic heterocycles. The summed E-state index contributed by atoms with van der Waals surface area (Å²) in [6.45, 7) is 4.51. The zero-order valence-electron chi connectivity index (χ0n) is 19.2. The summed E-state index contributed by atoms with van der Waals surface area (Å²) < 4.78 is 12.8. The van der Waals surface area contributed by atoms with E-state index in [1.807, 2.05) is 44.2 Å². The number of amides is 1. The lowest BCUT2D eigenvalue weighted by atomic mass is 10.1. The van der Waals surface area contributed by atoms with Crippen LogP contribution in [0.3, 0.4) is 0 Å². The Morgan fingerprint density at radius 1 is 1.08 bits per heavy atom. The summed E-state index contributed by atoms with van der Waals surface area (Å²) in [4.78, 5) is 17.7. The molecule has 0 bridgehead atoms. The average Bonchev–Trinajstić information content (AvgIpc) is 3.16. The molecule has 1 heterocycles. The molecule has 3 aromatic rings. The first-order chi connectivity index (χ1) is 17.2. The number of nitrogens with zero attached hydrogens (tertiary/aromatic N) is 1. The van der Waals surface area contributed by atoms with Crippen LogP contribution in [0.1, 0.15) is 23.6 Å². The van der Waals surface area contributed by atoms with E-state index in [2.05, 4.69) is 32.9 Å². The Labute approximate surface area is 242 Å². The highest BCUT2D eigenvalue weighted by Gasteiger charge is 2.24. The Balaban J connectivity index is 1.58. The number of halogens is 4. The lowest BCUT2D eigenvalue weighted by Crippen LogP contribution is -2.19. The molecule has 1 saturated heterocycles. The van der Waals surface area contributed by atoms with Gasteiger partial charge in [0.2, 0.25) is 0 Å². The Bertz CT molecular complexity index is 1400. The van der Waals surface area contributed by atoms with Crippen molar-refractivity contribution in [2.24, 2.45) is 4.99 Å². The maximum absolute atomic E-state index is 12.6. The van der Waals surface area contributed by atoms with E-state index in [4.69, 9.17) is 44.3 Å². The zero-order chi connectivity index (χ0) is 25.8. The van der Waals surface area contributed by atoms with Gasteiger partial charge in [0.15, 0.2) is 16.7 Å². The lowest BCUT2D eigenvalue weighted by Gasteiger charge is -2.15. The summed E-state index contributed by atoms with van der Waals surface area (Å²) >= 11 is 21.9. The molecule has 1 aliphatic rings. The van der Waals surface area contributed by atoms with Crippen LogP contribution in [0.4, 0.5) is 5.69 Å². The molecule has 0 atom stereocenters. The van der Waals surface area contributed by atoms with Crippen LogP contribution in [0.2, 0.25) is 15.1 Å². The third kappa shape index (κ3) is 6.50. The van der Waals surface area contributed by atoms with Crippen LogP contribution >= 0.6 is 69.2 Å². The molecule has 0 aliphatic carbocycles.